The van der Waals surface area contributed by atoms with Gasteiger partial charge < -0.3 is 5.32 Å². The summed E-state index contributed by atoms with van der Waals surface area (Å²) >= 11 is 6.93. The third kappa shape index (κ3) is 5.24. The third-order valence-electron chi connectivity index (χ3n) is 5.58. The lowest BCUT2D eigenvalue weighted by Crippen LogP contribution is -2.32. The molecule has 6 nitrogen and oxygen atoms in total. The van der Waals surface area contributed by atoms with Gasteiger partial charge in [0.1, 0.15) is 0 Å². The van der Waals surface area contributed by atoms with E-state index >= 15 is 0 Å². The van der Waals surface area contributed by atoms with Crippen LogP contribution in [0.2, 0.25) is 0 Å². The van der Waals surface area contributed by atoms with Crippen LogP contribution in [0.5, 0.6) is 0 Å². The summed E-state index contributed by atoms with van der Waals surface area (Å²) in [5.74, 6) is 1.59. The number of hydrogen-bond donors (Lipinski definition) is 2. The molecule has 3 heterocycles. The fourth-order valence-corrected chi connectivity index (χ4v) is 4.67. The smallest absolute Gasteiger partial charge is 0.226 e. The zero-order chi connectivity index (χ0) is 20.9. The second-order valence-corrected chi connectivity index (χ2v) is 9.27. The maximum Gasteiger partial charge on any atom is 0.226 e. The molecule has 0 aliphatic carbocycles. The van der Waals surface area contributed by atoms with E-state index in [1.54, 1.807) is 11.3 Å². The first kappa shape index (κ1) is 21.0. The molecule has 1 aliphatic rings. The van der Waals surface area contributed by atoms with Crippen LogP contribution in [0.3, 0.4) is 0 Å². The van der Waals surface area contributed by atoms with Crippen molar-refractivity contribution in [3.8, 4) is 10.7 Å². The van der Waals surface area contributed by atoms with E-state index in [9.17, 15) is 4.79 Å². The van der Waals surface area contributed by atoms with Crippen molar-refractivity contribution < 1.29 is 4.79 Å². The molecule has 0 atom stereocenters. The van der Waals surface area contributed by atoms with Crippen LogP contribution in [0.4, 0.5) is 5.69 Å². The fourth-order valence-electron chi connectivity index (χ4n) is 3.73. The Labute approximate surface area is 185 Å². The summed E-state index contributed by atoms with van der Waals surface area (Å²) in [6.07, 6.45) is 2.89. The van der Waals surface area contributed by atoms with E-state index in [1.165, 1.54) is 31.5 Å². The number of nitrogens with one attached hydrogen (secondary N) is 2. The van der Waals surface area contributed by atoms with E-state index < -0.39 is 0 Å². The van der Waals surface area contributed by atoms with Gasteiger partial charge in [-0.15, -0.1) is 11.3 Å². The summed E-state index contributed by atoms with van der Waals surface area (Å²) in [5.41, 5.74) is 2.11. The van der Waals surface area contributed by atoms with Crippen molar-refractivity contribution in [3.05, 3.63) is 52.1 Å². The first-order valence-electron chi connectivity index (χ1n) is 10.4. The first-order valence-corrected chi connectivity index (χ1v) is 11.7. The number of hydrogen-bond acceptors (Lipinski definition) is 5. The highest BCUT2D eigenvalue weighted by Gasteiger charge is 2.16. The summed E-state index contributed by atoms with van der Waals surface area (Å²) in [6.45, 7) is 6.14. The van der Waals surface area contributed by atoms with Gasteiger partial charge in [0.15, 0.2) is 10.6 Å². The van der Waals surface area contributed by atoms with Gasteiger partial charge in [-0.05, 0) is 73.2 Å². The fraction of sp³-hybridized carbons (Fsp3) is 0.409. The number of amides is 1. The number of thiophene rings is 1. The van der Waals surface area contributed by atoms with Gasteiger partial charge in [-0.3, -0.25) is 19.4 Å². The van der Waals surface area contributed by atoms with Gasteiger partial charge in [0.05, 0.1) is 4.88 Å². The van der Waals surface area contributed by atoms with Crippen LogP contribution in [0.25, 0.3) is 10.7 Å². The largest absolute Gasteiger partial charge is 0.326 e. The molecule has 2 N–H and O–H groups in total. The monoisotopic (exact) mass is 441 g/mol. The molecule has 1 fully saturated rings. The van der Waals surface area contributed by atoms with E-state index in [0.29, 0.717) is 17.7 Å². The Bertz CT molecular complexity index is 1010. The second kappa shape index (κ2) is 9.68. The Morgan fingerprint density at radius 1 is 1.27 bits per heavy atom. The maximum atomic E-state index is 12.5. The molecule has 0 unspecified atom stereocenters. The van der Waals surface area contributed by atoms with Gasteiger partial charge in [0, 0.05) is 25.2 Å². The Kier molecular flexibility index (Phi) is 6.76. The van der Waals surface area contributed by atoms with Crippen LogP contribution in [-0.4, -0.2) is 38.7 Å². The highest BCUT2D eigenvalue weighted by molar-refractivity contribution is 7.71. The van der Waals surface area contributed by atoms with Gasteiger partial charge >= 0.3 is 0 Å². The zero-order valence-electron chi connectivity index (χ0n) is 17.1. The van der Waals surface area contributed by atoms with Crippen molar-refractivity contribution in [2.75, 3.05) is 18.4 Å². The highest BCUT2D eigenvalue weighted by atomic mass is 32.1. The SMILES string of the molecule is CC1CCN(Cc2ccc(NC(=O)CCn3c(-c4cccs4)n[nH]c3=S)cc2)CC1. The van der Waals surface area contributed by atoms with Crippen molar-refractivity contribution in [2.24, 2.45) is 5.92 Å². The van der Waals surface area contributed by atoms with E-state index in [2.05, 4.69) is 39.5 Å². The molecule has 0 spiro atoms. The van der Waals surface area contributed by atoms with Gasteiger partial charge in [0.2, 0.25) is 5.91 Å². The molecule has 1 aliphatic heterocycles. The number of rotatable bonds is 7. The van der Waals surface area contributed by atoms with Crippen LogP contribution in [0, 0.1) is 10.7 Å². The Hall–Kier alpha value is -2.29. The molecule has 2 aromatic heterocycles. The van der Waals surface area contributed by atoms with Crippen LogP contribution < -0.4 is 5.32 Å². The normalized spacial score (nSPS) is 15.4. The Balaban J connectivity index is 1.30. The number of aromatic amines is 1. The molecule has 0 bridgehead atoms. The second-order valence-electron chi connectivity index (χ2n) is 7.94. The molecule has 3 aromatic rings. The number of anilines is 1. The predicted molar refractivity (Wildman–Crippen MR) is 124 cm³/mol. The summed E-state index contributed by atoms with van der Waals surface area (Å²) < 4.78 is 2.41. The molecule has 0 radical (unpaired) electrons. The molecule has 1 saturated heterocycles. The molecular weight excluding hydrogens is 414 g/mol. The van der Waals surface area contributed by atoms with E-state index in [4.69, 9.17) is 12.2 Å². The summed E-state index contributed by atoms with van der Waals surface area (Å²) in [7, 11) is 0. The van der Waals surface area contributed by atoms with Crippen LogP contribution in [-0.2, 0) is 17.9 Å². The number of likely N-dealkylation sites (tertiary alicyclic amines) is 1. The summed E-state index contributed by atoms with van der Waals surface area (Å²) in [4.78, 5) is 16.0. The molecule has 30 heavy (non-hydrogen) atoms. The van der Waals surface area contributed by atoms with Crippen LogP contribution in [0.15, 0.2) is 41.8 Å². The maximum absolute atomic E-state index is 12.5. The minimum atomic E-state index is -0.0343. The third-order valence-corrected chi connectivity index (χ3v) is 6.76. The number of nitrogens with zero attached hydrogens (tertiary/aromatic N) is 3. The number of piperidine rings is 1. The molecule has 0 saturated carbocycles. The summed E-state index contributed by atoms with van der Waals surface area (Å²) in [6, 6.07) is 12.2. The molecular formula is C22H27N5OS2. The predicted octanol–water partition coefficient (Wildman–Crippen LogP) is 4.93. The van der Waals surface area contributed by atoms with Gasteiger partial charge in [0.25, 0.3) is 0 Å². The Morgan fingerprint density at radius 2 is 2.03 bits per heavy atom. The average Bonchev–Trinajstić information content (AvgIpc) is 3.39. The van der Waals surface area contributed by atoms with E-state index in [-0.39, 0.29) is 5.91 Å². The van der Waals surface area contributed by atoms with Crippen LogP contribution >= 0.6 is 23.6 Å². The average molecular weight is 442 g/mol. The number of carbonyl (C=O) groups is 1. The first-order chi connectivity index (χ1) is 14.6. The zero-order valence-corrected chi connectivity index (χ0v) is 18.8. The molecule has 8 heteroatoms. The van der Waals surface area contributed by atoms with Gasteiger partial charge in [-0.2, -0.15) is 5.10 Å². The lowest BCUT2D eigenvalue weighted by atomic mass is 9.99. The topological polar surface area (TPSA) is 66.0 Å². The molecule has 158 valence electrons. The lowest BCUT2D eigenvalue weighted by Gasteiger charge is -2.30. The van der Waals surface area contributed by atoms with Crippen molar-refractivity contribution in [3.63, 3.8) is 0 Å². The quantitative estimate of drug-likeness (QED) is 0.510. The minimum Gasteiger partial charge on any atom is -0.326 e. The molecule has 1 amide bonds. The van der Waals surface area contributed by atoms with E-state index in [1.807, 2.05) is 34.2 Å². The summed E-state index contributed by atoms with van der Waals surface area (Å²) in [5, 5.41) is 12.1. The minimum absolute atomic E-state index is 0.0343. The van der Waals surface area contributed by atoms with Crippen molar-refractivity contribution >= 4 is 35.1 Å². The van der Waals surface area contributed by atoms with Crippen molar-refractivity contribution in [1.29, 1.82) is 0 Å². The highest BCUT2D eigenvalue weighted by Crippen LogP contribution is 2.23. The molecule has 1 aromatic carbocycles. The van der Waals surface area contributed by atoms with Gasteiger partial charge in [-0.1, -0.05) is 25.1 Å². The lowest BCUT2D eigenvalue weighted by molar-refractivity contribution is -0.116. The Morgan fingerprint density at radius 3 is 2.73 bits per heavy atom. The van der Waals surface area contributed by atoms with Crippen molar-refractivity contribution in [1.82, 2.24) is 19.7 Å². The number of benzene rings is 1. The standard InChI is InChI=1S/C22H27N5OS2/c1-16-8-11-26(12-9-16)15-17-4-6-18(7-5-17)23-20(28)10-13-27-21(24-25-22(27)29)19-3-2-14-30-19/h2-7,14,16H,8-13,15H2,1H3,(H,23,28)(H,25,29). The molecule has 4 rings (SSSR count). The van der Waals surface area contributed by atoms with Gasteiger partial charge in [-0.25, -0.2) is 0 Å². The number of H-pyrrole nitrogens is 1. The van der Waals surface area contributed by atoms with Crippen LogP contribution in [0.1, 0.15) is 31.7 Å². The number of aromatic nitrogens is 3. The van der Waals surface area contributed by atoms with Crippen molar-refractivity contribution in [2.45, 2.75) is 39.3 Å². The number of carbonyl (C=O) groups excluding carboxylic acids is 1. The van der Waals surface area contributed by atoms with E-state index in [0.717, 1.165) is 28.9 Å².